The highest BCUT2D eigenvalue weighted by molar-refractivity contribution is 5.25. The van der Waals surface area contributed by atoms with Crippen molar-refractivity contribution < 1.29 is 0 Å². The number of hydrogen-bond donors (Lipinski definition) is 1. The lowest BCUT2D eigenvalue weighted by Crippen LogP contribution is -2.18. The Morgan fingerprint density at radius 3 is 2.67 bits per heavy atom. The first kappa shape index (κ1) is 12.8. The number of nitrogens with zero attached hydrogens (tertiary/aromatic N) is 5. The van der Waals surface area contributed by atoms with Crippen LogP contribution in [0.4, 0.5) is 0 Å². The van der Waals surface area contributed by atoms with Gasteiger partial charge in [0.05, 0.1) is 5.69 Å². The van der Waals surface area contributed by atoms with E-state index in [0.717, 1.165) is 23.6 Å². The molecule has 18 heavy (non-hydrogen) atoms. The molecule has 2 N–H and O–H groups in total. The second-order valence-corrected chi connectivity index (χ2v) is 4.79. The minimum Gasteiger partial charge on any atom is -0.328 e. The third-order valence-corrected chi connectivity index (χ3v) is 3.15. The van der Waals surface area contributed by atoms with E-state index in [1.54, 1.807) is 11.0 Å². The van der Waals surface area contributed by atoms with Crippen molar-refractivity contribution in [1.29, 1.82) is 0 Å². The van der Waals surface area contributed by atoms with Crippen LogP contribution in [0, 0.1) is 13.8 Å². The van der Waals surface area contributed by atoms with Gasteiger partial charge in [-0.15, -0.1) is 0 Å². The summed E-state index contributed by atoms with van der Waals surface area (Å²) in [5.74, 6) is 0.896. The molecule has 0 aliphatic rings. The second-order valence-electron chi connectivity index (χ2n) is 4.79. The molecule has 1 unspecified atom stereocenters. The molecule has 0 fully saturated rings. The third-order valence-electron chi connectivity index (χ3n) is 3.15. The summed E-state index contributed by atoms with van der Waals surface area (Å²) >= 11 is 0. The number of rotatable bonds is 4. The number of aromatic nitrogens is 5. The van der Waals surface area contributed by atoms with E-state index >= 15 is 0 Å². The normalized spacial score (nSPS) is 12.9. The van der Waals surface area contributed by atoms with Gasteiger partial charge in [-0.3, -0.25) is 9.36 Å². The van der Waals surface area contributed by atoms with E-state index < -0.39 is 0 Å². The summed E-state index contributed by atoms with van der Waals surface area (Å²) in [5.41, 5.74) is 9.32. The summed E-state index contributed by atoms with van der Waals surface area (Å²) in [6.45, 7) is 6.76. The molecule has 6 nitrogen and oxygen atoms in total. The molecule has 0 bridgehead atoms. The fourth-order valence-electron chi connectivity index (χ4n) is 2.10. The quantitative estimate of drug-likeness (QED) is 0.858. The van der Waals surface area contributed by atoms with E-state index in [1.165, 1.54) is 5.56 Å². The molecule has 6 heteroatoms. The Kier molecular flexibility index (Phi) is 3.47. The zero-order valence-corrected chi connectivity index (χ0v) is 11.4. The van der Waals surface area contributed by atoms with Gasteiger partial charge in [-0.2, -0.15) is 10.2 Å². The van der Waals surface area contributed by atoms with Crippen LogP contribution in [0.5, 0.6) is 0 Å². The van der Waals surface area contributed by atoms with Gasteiger partial charge in [0.1, 0.15) is 18.7 Å². The first-order chi connectivity index (χ1) is 8.49. The van der Waals surface area contributed by atoms with Crippen molar-refractivity contribution in [3.8, 4) is 0 Å². The fraction of sp³-hybridized carbons (Fsp3) is 0.583. The van der Waals surface area contributed by atoms with Gasteiger partial charge in [-0.05, 0) is 32.8 Å². The van der Waals surface area contributed by atoms with Crippen molar-refractivity contribution in [2.45, 2.75) is 39.8 Å². The van der Waals surface area contributed by atoms with Gasteiger partial charge in [-0.25, -0.2) is 4.98 Å². The summed E-state index contributed by atoms with van der Waals surface area (Å²) in [6, 6.07) is 0.148. The van der Waals surface area contributed by atoms with Gasteiger partial charge < -0.3 is 5.73 Å². The molecule has 0 radical (unpaired) electrons. The molecule has 0 spiro atoms. The Labute approximate surface area is 107 Å². The number of nitrogens with two attached hydrogens (primary N) is 1. The number of aryl methyl sites for hydroxylation is 2. The highest BCUT2D eigenvalue weighted by Gasteiger charge is 2.14. The Morgan fingerprint density at radius 2 is 2.11 bits per heavy atom. The predicted molar refractivity (Wildman–Crippen MR) is 69.2 cm³/mol. The van der Waals surface area contributed by atoms with Gasteiger partial charge in [0.15, 0.2) is 0 Å². The number of hydrogen-bond acceptors (Lipinski definition) is 4. The second kappa shape index (κ2) is 4.89. The van der Waals surface area contributed by atoms with E-state index in [9.17, 15) is 0 Å². The summed E-state index contributed by atoms with van der Waals surface area (Å²) < 4.78 is 3.73. The maximum atomic E-state index is 5.87. The molecule has 0 saturated heterocycles. The molecule has 98 valence electrons. The smallest absolute Gasteiger partial charge is 0.148 e. The van der Waals surface area contributed by atoms with Crippen molar-refractivity contribution in [2.24, 2.45) is 12.8 Å². The van der Waals surface area contributed by atoms with Crippen molar-refractivity contribution in [2.75, 3.05) is 0 Å². The van der Waals surface area contributed by atoms with Crippen molar-refractivity contribution in [1.82, 2.24) is 24.5 Å². The Hall–Kier alpha value is -1.69. The molecule has 2 aromatic heterocycles. The van der Waals surface area contributed by atoms with E-state index in [-0.39, 0.29) is 6.04 Å². The minimum atomic E-state index is 0.148. The van der Waals surface area contributed by atoms with Crippen LogP contribution in [-0.4, -0.2) is 30.6 Å². The molecule has 2 heterocycles. The largest absolute Gasteiger partial charge is 0.328 e. The van der Waals surface area contributed by atoms with E-state index in [1.807, 2.05) is 25.6 Å². The van der Waals surface area contributed by atoms with Crippen LogP contribution >= 0.6 is 0 Å². The average Bonchev–Trinajstić information content (AvgIpc) is 2.79. The molecule has 0 amide bonds. The molecular formula is C12H20N6. The van der Waals surface area contributed by atoms with E-state index in [4.69, 9.17) is 5.73 Å². The molecule has 0 aromatic carbocycles. The topological polar surface area (TPSA) is 74.5 Å². The zero-order valence-electron chi connectivity index (χ0n) is 11.4. The van der Waals surface area contributed by atoms with Gasteiger partial charge >= 0.3 is 0 Å². The van der Waals surface area contributed by atoms with Gasteiger partial charge in [0.2, 0.25) is 0 Å². The van der Waals surface area contributed by atoms with Crippen molar-refractivity contribution in [3.05, 3.63) is 29.1 Å². The lowest BCUT2D eigenvalue weighted by molar-refractivity contribution is 0.592. The highest BCUT2D eigenvalue weighted by Crippen LogP contribution is 2.15. The zero-order chi connectivity index (χ0) is 13.3. The minimum absolute atomic E-state index is 0.148. The first-order valence-corrected chi connectivity index (χ1v) is 6.10. The average molecular weight is 248 g/mol. The van der Waals surface area contributed by atoms with Crippen LogP contribution in [0.2, 0.25) is 0 Å². The van der Waals surface area contributed by atoms with Crippen LogP contribution in [0.3, 0.4) is 0 Å². The lowest BCUT2D eigenvalue weighted by Gasteiger charge is -2.07. The summed E-state index contributed by atoms with van der Waals surface area (Å²) in [5, 5.41) is 8.62. The molecular weight excluding hydrogens is 228 g/mol. The Balaban J connectivity index is 2.27. The van der Waals surface area contributed by atoms with Crippen LogP contribution < -0.4 is 5.73 Å². The maximum Gasteiger partial charge on any atom is 0.148 e. The molecule has 1 atom stereocenters. The molecule has 0 aliphatic heterocycles. The summed E-state index contributed by atoms with van der Waals surface area (Å²) in [6.07, 6.45) is 2.42. The van der Waals surface area contributed by atoms with Crippen molar-refractivity contribution in [3.63, 3.8) is 0 Å². The first-order valence-electron chi connectivity index (χ1n) is 6.10. The summed E-state index contributed by atoms with van der Waals surface area (Å²) in [4.78, 5) is 4.22. The Morgan fingerprint density at radius 1 is 1.39 bits per heavy atom. The van der Waals surface area contributed by atoms with Crippen LogP contribution in [0.15, 0.2) is 6.33 Å². The van der Waals surface area contributed by atoms with Gasteiger partial charge in [0, 0.05) is 18.8 Å². The molecule has 2 rings (SSSR count). The van der Waals surface area contributed by atoms with Crippen LogP contribution in [0.25, 0.3) is 0 Å². The fourth-order valence-corrected chi connectivity index (χ4v) is 2.10. The highest BCUT2D eigenvalue weighted by atomic mass is 15.4. The Bertz CT molecular complexity index is 537. The SMILES string of the molecule is Cc1nn(Cc2ncnn2C)c(C)c1CC(C)N. The van der Waals surface area contributed by atoms with Crippen LogP contribution in [-0.2, 0) is 20.0 Å². The summed E-state index contributed by atoms with van der Waals surface area (Å²) in [7, 11) is 1.89. The maximum absolute atomic E-state index is 5.87. The van der Waals surface area contributed by atoms with Gasteiger partial charge in [0.25, 0.3) is 0 Å². The van der Waals surface area contributed by atoms with E-state index in [0.29, 0.717) is 6.54 Å². The van der Waals surface area contributed by atoms with Crippen molar-refractivity contribution >= 4 is 0 Å². The standard InChI is InChI=1S/C12H20N6/c1-8(13)5-11-9(2)16-18(10(11)3)6-12-14-7-15-17(12)4/h7-8H,5-6,13H2,1-4H3. The lowest BCUT2D eigenvalue weighted by atomic mass is 10.1. The molecule has 0 saturated carbocycles. The molecule has 0 aliphatic carbocycles. The van der Waals surface area contributed by atoms with Gasteiger partial charge in [-0.1, -0.05) is 0 Å². The molecule has 2 aromatic rings. The monoisotopic (exact) mass is 248 g/mol. The van der Waals surface area contributed by atoms with E-state index in [2.05, 4.69) is 22.1 Å². The predicted octanol–water partition coefficient (Wildman–Crippen LogP) is 0.566. The third kappa shape index (κ3) is 2.43. The van der Waals surface area contributed by atoms with Crippen LogP contribution in [0.1, 0.15) is 29.7 Å².